The number of pyridine rings is 1. The summed E-state index contributed by atoms with van der Waals surface area (Å²) in [6, 6.07) is 17.3. The van der Waals surface area contributed by atoms with E-state index in [-0.39, 0.29) is 6.10 Å². The smallest absolute Gasteiger partial charge is 0.407 e. The molecule has 36 heavy (non-hydrogen) atoms. The molecule has 2 aromatic carbocycles. The van der Waals surface area contributed by atoms with Gasteiger partial charge in [-0.1, -0.05) is 29.8 Å². The topological polar surface area (TPSA) is 102 Å². The fraction of sp³-hybridized carbons (Fsp3) is 0.346. The van der Waals surface area contributed by atoms with E-state index in [0.29, 0.717) is 56.5 Å². The van der Waals surface area contributed by atoms with E-state index in [0.717, 1.165) is 22.3 Å². The van der Waals surface area contributed by atoms with Crippen LogP contribution in [0.15, 0.2) is 54.7 Å². The van der Waals surface area contributed by atoms with Crippen molar-refractivity contribution in [3.05, 3.63) is 59.8 Å². The summed E-state index contributed by atoms with van der Waals surface area (Å²) in [5, 5.41) is 24.4. The largest absolute Gasteiger partial charge is 0.489 e. The Hall–Kier alpha value is -3.58. The molecular formula is C26H26ClN5O4. The molecule has 10 heteroatoms. The molecule has 9 nitrogen and oxygen atoms in total. The first-order chi connectivity index (χ1) is 17.5. The number of rotatable bonds is 5. The van der Waals surface area contributed by atoms with E-state index in [1.54, 1.807) is 6.20 Å². The predicted octanol–water partition coefficient (Wildman–Crippen LogP) is 4.69. The van der Waals surface area contributed by atoms with Gasteiger partial charge in [0.25, 0.3) is 0 Å². The highest BCUT2D eigenvalue weighted by molar-refractivity contribution is 6.32. The Bertz CT molecular complexity index is 1290. The van der Waals surface area contributed by atoms with Gasteiger partial charge < -0.3 is 19.5 Å². The van der Waals surface area contributed by atoms with Gasteiger partial charge in [0.05, 0.1) is 41.2 Å². The van der Waals surface area contributed by atoms with E-state index in [2.05, 4.69) is 11.1 Å². The van der Waals surface area contributed by atoms with Gasteiger partial charge in [-0.25, -0.2) is 4.79 Å². The Morgan fingerprint density at radius 1 is 1.19 bits per heavy atom. The highest BCUT2D eigenvalue weighted by atomic mass is 35.5. The first kappa shape index (κ1) is 24.1. The molecule has 2 aliphatic heterocycles. The SMILES string of the molecule is N#CC1COCCN1N(c1ccc(OC2CCN(C(=O)O)CC2)c(Cl)c1)c1ccnc2ccccc12. The van der Waals surface area contributed by atoms with Crippen LogP contribution in [0.2, 0.25) is 5.02 Å². The van der Waals surface area contributed by atoms with Crippen molar-refractivity contribution in [3.63, 3.8) is 0 Å². The average molecular weight is 508 g/mol. The number of anilines is 2. The molecule has 1 atom stereocenters. The van der Waals surface area contributed by atoms with Crippen LogP contribution in [0.25, 0.3) is 10.9 Å². The molecule has 5 rings (SSSR count). The zero-order chi connectivity index (χ0) is 25.1. The summed E-state index contributed by atoms with van der Waals surface area (Å²) < 4.78 is 11.7. The second-order valence-electron chi connectivity index (χ2n) is 8.74. The third-order valence-electron chi connectivity index (χ3n) is 6.53. The maximum Gasteiger partial charge on any atom is 0.407 e. The van der Waals surface area contributed by atoms with Gasteiger partial charge >= 0.3 is 6.09 Å². The Kier molecular flexibility index (Phi) is 7.09. The van der Waals surface area contributed by atoms with Crippen LogP contribution < -0.4 is 9.75 Å². The molecule has 1 amide bonds. The minimum Gasteiger partial charge on any atom is -0.489 e. The number of nitrogens with zero attached hydrogens (tertiary/aromatic N) is 5. The summed E-state index contributed by atoms with van der Waals surface area (Å²) in [7, 11) is 0. The lowest BCUT2D eigenvalue weighted by Crippen LogP contribution is -2.52. The average Bonchev–Trinajstić information content (AvgIpc) is 2.91. The number of benzene rings is 2. The Balaban J connectivity index is 1.47. The van der Waals surface area contributed by atoms with Crippen molar-refractivity contribution in [1.29, 1.82) is 5.26 Å². The first-order valence-corrected chi connectivity index (χ1v) is 12.2. The van der Waals surface area contributed by atoms with Crippen molar-refractivity contribution in [2.24, 2.45) is 0 Å². The van der Waals surface area contributed by atoms with E-state index in [1.807, 2.05) is 58.5 Å². The molecule has 0 aliphatic carbocycles. The number of amides is 1. The molecule has 1 unspecified atom stereocenters. The van der Waals surface area contributed by atoms with Crippen LogP contribution in [-0.4, -0.2) is 71.1 Å². The molecule has 2 fully saturated rings. The van der Waals surface area contributed by atoms with Gasteiger partial charge in [0.1, 0.15) is 17.9 Å². The van der Waals surface area contributed by atoms with Crippen molar-refractivity contribution >= 4 is 40.0 Å². The Morgan fingerprint density at radius 2 is 2.00 bits per heavy atom. The van der Waals surface area contributed by atoms with Crippen molar-refractivity contribution in [2.75, 3.05) is 37.9 Å². The van der Waals surface area contributed by atoms with Gasteiger partial charge in [-0.15, -0.1) is 0 Å². The zero-order valence-electron chi connectivity index (χ0n) is 19.6. The van der Waals surface area contributed by atoms with Gasteiger partial charge in [-0.05, 0) is 30.3 Å². The van der Waals surface area contributed by atoms with E-state index in [4.69, 9.17) is 26.2 Å². The minimum absolute atomic E-state index is 0.105. The van der Waals surface area contributed by atoms with Gasteiger partial charge in [0.15, 0.2) is 0 Å². The summed E-state index contributed by atoms with van der Waals surface area (Å²) >= 11 is 6.71. The van der Waals surface area contributed by atoms with Crippen molar-refractivity contribution in [1.82, 2.24) is 14.9 Å². The molecule has 186 valence electrons. The second kappa shape index (κ2) is 10.6. The summed E-state index contributed by atoms with van der Waals surface area (Å²) in [6.45, 7) is 2.21. The van der Waals surface area contributed by atoms with Crippen molar-refractivity contribution in [2.45, 2.75) is 25.0 Å². The summed E-state index contributed by atoms with van der Waals surface area (Å²) in [6.07, 6.45) is 1.97. The number of morpholine rings is 1. The van der Waals surface area contributed by atoms with Crippen molar-refractivity contribution in [3.8, 4) is 11.8 Å². The molecule has 3 heterocycles. The maximum atomic E-state index is 11.2. The lowest BCUT2D eigenvalue weighted by atomic mass is 10.1. The molecule has 1 aromatic heterocycles. The van der Waals surface area contributed by atoms with E-state index < -0.39 is 12.1 Å². The lowest BCUT2D eigenvalue weighted by molar-refractivity contribution is 0.0129. The molecule has 2 aliphatic rings. The van der Waals surface area contributed by atoms with Crippen molar-refractivity contribution < 1.29 is 19.4 Å². The number of ether oxygens (including phenoxy) is 2. The number of halogens is 1. The molecule has 0 bridgehead atoms. The number of nitriles is 1. The van der Waals surface area contributed by atoms with Crippen LogP contribution in [0.5, 0.6) is 5.75 Å². The molecule has 0 saturated carbocycles. The van der Waals surface area contributed by atoms with Crippen LogP contribution >= 0.6 is 11.6 Å². The van der Waals surface area contributed by atoms with E-state index in [1.165, 1.54) is 4.90 Å². The maximum absolute atomic E-state index is 11.2. The highest BCUT2D eigenvalue weighted by Crippen LogP contribution is 2.38. The Morgan fingerprint density at radius 3 is 2.75 bits per heavy atom. The minimum atomic E-state index is -0.904. The number of para-hydroxylation sites is 1. The van der Waals surface area contributed by atoms with Gasteiger partial charge in [-0.3, -0.25) is 9.99 Å². The molecule has 0 radical (unpaired) electrons. The number of likely N-dealkylation sites (tertiary alicyclic amines) is 1. The number of aromatic nitrogens is 1. The third kappa shape index (κ3) is 4.88. The standard InChI is InChI=1S/C26H26ClN5O4/c27-22-15-18(5-6-25(22)36-20-8-11-30(12-9-20)26(33)34)32(31-13-14-35-17-19(31)16-28)24-7-10-29-23-4-2-1-3-21(23)24/h1-7,10,15,19-20H,8-9,11-14,17H2,(H,33,34). The predicted molar refractivity (Wildman–Crippen MR) is 136 cm³/mol. The van der Waals surface area contributed by atoms with Crippen LogP contribution in [0.3, 0.4) is 0 Å². The van der Waals surface area contributed by atoms with Crippen LogP contribution in [0, 0.1) is 11.3 Å². The van der Waals surface area contributed by atoms with Gasteiger partial charge in [-0.2, -0.15) is 10.3 Å². The molecule has 3 aromatic rings. The summed E-state index contributed by atoms with van der Waals surface area (Å²) in [5.41, 5.74) is 2.51. The number of carbonyl (C=O) groups is 1. The first-order valence-electron chi connectivity index (χ1n) is 11.9. The molecule has 1 N–H and O–H groups in total. The van der Waals surface area contributed by atoms with Crippen LogP contribution in [-0.2, 0) is 4.74 Å². The monoisotopic (exact) mass is 507 g/mol. The van der Waals surface area contributed by atoms with Crippen LogP contribution in [0.4, 0.5) is 16.2 Å². The van der Waals surface area contributed by atoms with E-state index >= 15 is 0 Å². The molecular weight excluding hydrogens is 482 g/mol. The lowest BCUT2D eigenvalue weighted by Gasteiger charge is -2.42. The quantitative estimate of drug-likeness (QED) is 0.530. The second-order valence-corrected chi connectivity index (χ2v) is 9.15. The van der Waals surface area contributed by atoms with Crippen LogP contribution in [0.1, 0.15) is 12.8 Å². The number of carboxylic acid groups (broad SMARTS) is 1. The fourth-order valence-corrected chi connectivity index (χ4v) is 4.91. The molecule has 0 spiro atoms. The van der Waals surface area contributed by atoms with Gasteiger partial charge in [0.2, 0.25) is 0 Å². The highest BCUT2D eigenvalue weighted by Gasteiger charge is 2.31. The third-order valence-corrected chi connectivity index (χ3v) is 6.82. The number of hydrogen-bond donors (Lipinski definition) is 1. The number of fused-ring (bicyclic) bond motifs is 1. The summed E-state index contributed by atoms with van der Waals surface area (Å²) in [4.78, 5) is 17.1. The Labute approximate surface area is 214 Å². The molecule has 2 saturated heterocycles. The van der Waals surface area contributed by atoms with Gasteiger partial charge in [0, 0.05) is 44.1 Å². The number of hydrogen-bond acceptors (Lipinski definition) is 7. The van der Waals surface area contributed by atoms with E-state index in [9.17, 15) is 10.1 Å². The summed E-state index contributed by atoms with van der Waals surface area (Å²) in [5.74, 6) is 0.549. The zero-order valence-corrected chi connectivity index (χ0v) is 20.3. The fourth-order valence-electron chi connectivity index (χ4n) is 4.69. The number of piperidine rings is 1. The number of hydrazine groups is 1. The normalized spacial score (nSPS) is 19.1.